The van der Waals surface area contributed by atoms with Crippen molar-refractivity contribution in [3.05, 3.63) is 68.3 Å². The zero-order chi connectivity index (χ0) is 33.4. The number of benzene rings is 2. The minimum Gasteiger partial charge on any atom is -0.398 e. The molecule has 2 aromatic rings. The molecular formula is C25H30N10O10. The number of nitrogens with zero attached hydrogens (tertiary/aromatic N) is 2. The molecule has 0 aliphatic heterocycles. The van der Waals surface area contributed by atoms with Gasteiger partial charge in [-0.3, -0.25) is 49.0 Å². The summed E-state index contributed by atoms with van der Waals surface area (Å²) >= 11 is 0. The molecule has 2 aromatic carbocycles. The lowest BCUT2D eigenvalue weighted by Crippen LogP contribution is -2.46. The van der Waals surface area contributed by atoms with Crippen LogP contribution in [-0.2, 0) is 24.0 Å². The summed E-state index contributed by atoms with van der Waals surface area (Å²) in [6.45, 7) is -2.32. The molecule has 45 heavy (non-hydrogen) atoms. The molecule has 0 radical (unpaired) electrons. The number of non-ortho nitro benzene ring substituents is 1. The van der Waals surface area contributed by atoms with Crippen molar-refractivity contribution in [2.24, 2.45) is 0 Å². The summed E-state index contributed by atoms with van der Waals surface area (Å²) in [6, 6.07) is 9.32. The van der Waals surface area contributed by atoms with E-state index in [9.17, 15) is 49.0 Å². The van der Waals surface area contributed by atoms with E-state index in [0.29, 0.717) is 0 Å². The zero-order valence-corrected chi connectivity index (χ0v) is 23.5. The Balaban J connectivity index is 1.56. The Hall–Kier alpha value is -6.34. The first kappa shape index (κ1) is 34.9. The largest absolute Gasteiger partial charge is 0.398 e. The molecule has 6 amide bonds. The van der Waals surface area contributed by atoms with E-state index in [4.69, 9.17) is 5.73 Å². The molecule has 20 heteroatoms. The number of anilines is 2. The number of amides is 6. The van der Waals surface area contributed by atoms with Gasteiger partial charge in [0.25, 0.3) is 17.3 Å². The fourth-order valence-electron chi connectivity index (χ4n) is 3.32. The summed E-state index contributed by atoms with van der Waals surface area (Å²) in [7, 11) is 0. The molecule has 9 N–H and O–H groups in total. The first-order chi connectivity index (χ1) is 21.4. The Morgan fingerprint density at radius 2 is 1.11 bits per heavy atom. The lowest BCUT2D eigenvalue weighted by atomic mass is 10.1. The highest BCUT2D eigenvalue weighted by Crippen LogP contribution is 2.28. The van der Waals surface area contributed by atoms with E-state index in [1.54, 1.807) is 12.1 Å². The van der Waals surface area contributed by atoms with E-state index >= 15 is 0 Å². The van der Waals surface area contributed by atoms with Crippen molar-refractivity contribution in [3.8, 4) is 0 Å². The average molecular weight is 631 g/mol. The summed E-state index contributed by atoms with van der Waals surface area (Å²) in [5, 5.41) is 38.4. The number of nitrogens with one attached hydrogen (secondary N) is 7. The molecule has 0 aliphatic rings. The van der Waals surface area contributed by atoms with Crippen LogP contribution in [0.25, 0.3) is 0 Å². The lowest BCUT2D eigenvalue weighted by molar-refractivity contribution is -0.393. The average Bonchev–Trinajstić information content (AvgIpc) is 3.01. The van der Waals surface area contributed by atoms with Crippen molar-refractivity contribution in [2.75, 3.05) is 56.9 Å². The van der Waals surface area contributed by atoms with Gasteiger partial charge in [-0.15, -0.1) is 0 Å². The minimum atomic E-state index is -0.786. The van der Waals surface area contributed by atoms with Crippen LogP contribution in [-0.4, -0.2) is 91.1 Å². The van der Waals surface area contributed by atoms with E-state index in [1.165, 1.54) is 18.2 Å². The molecule has 0 bridgehead atoms. The second-order valence-corrected chi connectivity index (χ2v) is 8.87. The molecule has 20 nitrogen and oxygen atoms in total. The van der Waals surface area contributed by atoms with E-state index in [0.717, 1.165) is 12.1 Å². The smallest absolute Gasteiger partial charge is 0.299 e. The molecule has 0 fully saturated rings. The Morgan fingerprint density at radius 1 is 0.622 bits per heavy atom. The number of hydrogen-bond donors (Lipinski definition) is 8. The summed E-state index contributed by atoms with van der Waals surface area (Å²) in [6.07, 6.45) is 0. The van der Waals surface area contributed by atoms with Crippen molar-refractivity contribution in [3.63, 3.8) is 0 Å². The molecule has 0 saturated carbocycles. The molecule has 0 aromatic heterocycles. The fraction of sp³-hybridized carbons (Fsp3) is 0.280. The monoisotopic (exact) mass is 630 g/mol. The Labute approximate surface area is 254 Å². The third-order valence-corrected chi connectivity index (χ3v) is 5.55. The van der Waals surface area contributed by atoms with Crippen molar-refractivity contribution in [1.82, 2.24) is 31.9 Å². The predicted octanol–water partition coefficient (Wildman–Crippen LogP) is -2.49. The molecule has 2 rings (SSSR count). The van der Waals surface area contributed by atoms with Crippen LogP contribution in [0, 0.1) is 20.2 Å². The summed E-state index contributed by atoms with van der Waals surface area (Å²) < 4.78 is 0. The fourth-order valence-corrected chi connectivity index (χ4v) is 3.32. The van der Waals surface area contributed by atoms with Gasteiger partial charge in [0.2, 0.25) is 29.5 Å². The van der Waals surface area contributed by atoms with Gasteiger partial charge < -0.3 is 43.0 Å². The summed E-state index contributed by atoms with van der Waals surface area (Å²) in [5.74, 6) is -3.99. The van der Waals surface area contributed by atoms with Crippen LogP contribution in [0.5, 0.6) is 0 Å². The van der Waals surface area contributed by atoms with E-state index in [2.05, 4.69) is 37.2 Å². The molecule has 0 heterocycles. The summed E-state index contributed by atoms with van der Waals surface area (Å²) in [4.78, 5) is 91.8. The SMILES string of the molecule is Nc1ccccc1C(=O)NCC(=O)NCC(=O)NCC(=O)NCC(=O)NCC(=O)NCCNc1ccc([N+](=O)[O-])cc1[N+](=O)[O-]. The van der Waals surface area contributed by atoms with Crippen LogP contribution in [0.1, 0.15) is 10.4 Å². The first-order valence-electron chi connectivity index (χ1n) is 13.0. The highest BCUT2D eigenvalue weighted by Gasteiger charge is 2.19. The predicted molar refractivity (Wildman–Crippen MR) is 156 cm³/mol. The number of rotatable bonds is 17. The highest BCUT2D eigenvalue weighted by molar-refractivity contribution is 6.00. The number of nitro benzene ring substituents is 2. The van der Waals surface area contributed by atoms with Crippen LogP contribution >= 0.6 is 0 Å². The second kappa shape index (κ2) is 17.6. The lowest BCUT2D eigenvalue weighted by Gasteiger charge is -2.10. The van der Waals surface area contributed by atoms with Gasteiger partial charge in [-0.1, -0.05) is 12.1 Å². The number of nitro groups is 2. The van der Waals surface area contributed by atoms with Crippen LogP contribution in [0.3, 0.4) is 0 Å². The number of para-hydroxylation sites is 1. The van der Waals surface area contributed by atoms with Gasteiger partial charge in [-0.25, -0.2) is 0 Å². The third kappa shape index (κ3) is 12.6. The van der Waals surface area contributed by atoms with Crippen LogP contribution in [0.4, 0.5) is 22.7 Å². The van der Waals surface area contributed by atoms with E-state index in [-0.39, 0.29) is 30.0 Å². The molecule has 0 saturated heterocycles. The van der Waals surface area contributed by atoms with Crippen molar-refractivity contribution >= 4 is 58.2 Å². The Kier molecular flexibility index (Phi) is 13.6. The maximum absolute atomic E-state index is 12.0. The Bertz CT molecular complexity index is 1470. The summed E-state index contributed by atoms with van der Waals surface area (Å²) in [5.41, 5.74) is 5.17. The van der Waals surface area contributed by atoms with Crippen LogP contribution < -0.4 is 43.0 Å². The molecule has 0 atom stereocenters. The van der Waals surface area contributed by atoms with Crippen molar-refractivity contribution in [2.45, 2.75) is 0 Å². The molecule has 0 unspecified atom stereocenters. The van der Waals surface area contributed by atoms with E-state index < -0.39 is 89.4 Å². The third-order valence-electron chi connectivity index (χ3n) is 5.55. The maximum Gasteiger partial charge on any atom is 0.299 e. The number of carbonyl (C=O) groups is 6. The molecule has 0 spiro atoms. The van der Waals surface area contributed by atoms with Gasteiger partial charge in [0, 0.05) is 24.8 Å². The molecule has 0 aliphatic carbocycles. The van der Waals surface area contributed by atoms with Crippen molar-refractivity contribution < 1.29 is 38.6 Å². The Morgan fingerprint density at radius 3 is 1.60 bits per heavy atom. The highest BCUT2D eigenvalue weighted by atomic mass is 16.6. The molecule has 240 valence electrons. The zero-order valence-electron chi connectivity index (χ0n) is 23.5. The van der Waals surface area contributed by atoms with Gasteiger partial charge in [0.05, 0.1) is 54.2 Å². The van der Waals surface area contributed by atoms with Gasteiger partial charge in [0.15, 0.2) is 0 Å². The minimum absolute atomic E-state index is 0.00279. The topological polar surface area (TPSA) is 299 Å². The number of hydrogen-bond acceptors (Lipinski definition) is 12. The van der Waals surface area contributed by atoms with Crippen LogP contribution in [0.2, 0.25) is 0 Å². The van der Waals surface area contributed by atoms with Gasteiger partial charge in [-0.2, -0.15) is 0 Å². The molecular weight excluding hydrogens is 600 g/mol. The number of nitrogen functional groups attached to an aromatic ring is 1. The standard InChI is InChI=1S/C25H30N10O10/c26-17-4-2-1-3-16(17)25(41)33-14-24(40)32-13-23(39)31-12-22(38)30-11-21(37)29-10-20(36)28-8-7-27-18-6-5-15(34(42)43)9-19(18)35(44)45/h1-6,9,27H,7-8,10-14,26H2,(H,28,36)(H,29,37)(H,30,38)(H,31,39)(H,32,40)(H,33,41). The first-order valence-corrected chi connectivity index (χ1v) is 13.0. The van der Waals surface area contributed by atoms with Crippen LogP contribution in [0.15, 0.2) is 42.5 Å². The normalized spacial score (nSPS) is 10.0. The number of carbonyl (C=O) groups excluding carboxylic acids is 6. The van der Waals surface area contributed by atoms with Gasteiger partial charge in [-0.05, 0) is 18.2 Å². The van der Waals surface area contributed by atoms with E-state index in [1.807, 2.05) is 0 Å². The second-order valence-electron chi connectivity index (χ2n) is 8.87. The van der Waals surface area contributed by atoms with Crippen molar-refractivity contribution in [1.29, 1.82) is 0 Å². The van der Waals surface area contributed by atoms with Gasteiger partial charge >= 0.3 is 0 Å². The van der Waals surface area contributed by atoms with Gasteiger partial charge in [0.1, 0.15) is 5.69 Å². The number of nitrogens with two attached hydrogens (primary N) is 1. The maximum atomic E-state index is 12.0. The quantitative estimate of drug-likeness (QED) is 0.0390.